The van der Waals surface area contributed by atoms with Crippen molar-refractivity contribution in [2.75, 3.05) is 44.3 Å². The Hall–Kier alpha value is -2.49. The van der Waals surface area contributed by atoms with Crippen molar-refractivity contribution in [1.29, 1.82) is 0 Å². The molecule has 0 spiro atoms. The van der Waals surface area contributed by atoms with E-state index in [0.717, 1.165) is 50.5 Å². The van der Waals surface area contributed by atoms with Gasteiger partial charge in [-0.3, -0.25) is 9.00 Å². The van der Waals surface area contributed by atoms with Gasteiger partial charge in [0, 0.05) is 55.6 Å². The van der Waals surface area contributed by atoms with Crippen LogP contribution in [0.2, 0.25) is 0 Å². The molecule has 2 N–H and O–H groups in total. The summed E-state index contributed by atoms with van der Waals surface area (Å²) in [5, 5.41) is 14.7. The predicted molar refractivity (Wildman–Crippen MR) is 232 cm³/mol. The summed E-state index contributed by atoms with van der Waals surface area (Å²) in [5.41, 5.74) is 4.21. The zero-order valence-electron chi connectivity index (χ0n) is 36.0. The van der Waals surface area contributed by atoms with Crippen LogP contribution in [-0.4, -0.2) is 85.9 Å². The number of hydrogen-bond donors (Lipinski definition) is 2. The van der Waals surface area contributed by atoms with E-state index in [9.17, 15) is 14.1 Å². The van der Waals surface area contributed by atoms with E-state index in [1.54, 1.807) is 18.5 Å². The van der Waals surface area contributed by atoms with Crippen molar-refractivity contribution in [1.82, 2.24) is 20.2 Å². The molecular formula is C48H72N4O4S. The van der Waals surface area contributed by atoms with Crippen LogP contribution in [0.15, 0.2) is 53.9 Å². The highest BCUT2D eigenvalue weighted by Crippen LogP contribution is 2.76. The minimum absolute atomic E-state index is 0.0101. The van der Waals surface area contributed by atoms with Crippen LogP contribution in [0, 0.1) is 56.7 Å². The quantitative estimate of drug-likeness (QED) is 0.179. The molecule has 5 fully saturated rings. The second-order valence-corrected chi connectivity index (χ2v) is 24.1. The van der Waals surface area contributed by atoms with Crippen molar-refractivity contribution < 1.29 is 18.8 Å². The van der Waals surface area contributed by atoms with Gasteiger partial charge in [-0.2, -0.15) is 0 Å². The number of ether oxygens (including phenoxy) is 1. The van der Waals surface area contributed by atoms with Crippen LogP contribution in [0.1, 0.15) is 119 Å². The Morgan fingerprint density at radius 2 is 1.68 bits per heavy atom. The number of aromatic nitrogens is 2. The Morgan fingerprint density at radius 1 is 0.947 bits per heavy atom. The molecule has 6 aliphatic carbocycles. The minimum atomic E-state index is -1.87. The van der Waals surface area contributed by atoms with Crippen LogP contribution >= 0.6 is 0 Å². The average Bonchev–Trinajstić information content (AvgIpc) is 3.55. The molecule has 1 aromatic heterocycles. The zero-order valence-corrected chi connectivity index (χ0v) is 36.9. The molecule has 7 aliphatic rings. The smallest absolute Gasteiger partial charge is 0.316 e. The second kappa shape index (κ2) is 14.6. The van der Waals surface area contributed by atoms with E-state index in [2.05, 4.69) is 86.3 Å². The summed E-state index contributed by atoms with van der Waals surface area (Å²) in [6.07, 6.45) is 21.2. The number of carboxylic acid groups (broad SMARTS) is 1. The fourth-order valence-electron chi connectivity index (χ4n) is 15.2. The molecule has 4 saturated carbocycles. The summed E-state index contributed by atoms with van der Waals surface area (Å²) in [5.74, 6) is 7.82. The van der Waals surface area contributed by atoms with Crippen LogP contribution in [0.5, 0.6) is 6.01 Å². The molecule has 0 radical (unpaired) electrons. The average molecular weight is 801 g/mol. The summed E-state index contributed by atoms with van der Waals surface area (Å²) in [6, 6.07) is 1.96. The van der Waals surface area contributed by atoms with Gasteiger partial charge in [0.25, 0.3) is 0 Å². The first-order valence-corrected chi connectivity index (χ1v) is 24.5. The number of fused-ring (bicyclic) bond motifs is 7. The summed E-state index contributed by atoms with van der Waals surface area (Å²) in [6.45, 7) is 24.0. The number of allylic oxidation sites excluding steroid dienone is 5. The number of nitrogens with one attached hydrogen (secondary N) is 1. The van der Waals surface area contributed by atoms with Gasteiger partial charge in [0.2, 0.25) is 0 Å². The molecule has 8 rings (SSSR count). The standard InChI is InChI=1S/C48H72N4O4S/c1-33(2)35-14-21-48(51-26-27-52-28-30-57(8,55)31-29-52)23-22-45(6)37(40(35)48)10-11-39-44(5)17-15-36(43(3,4)38(44)16-18-46(39,45)7)34-12-19-47(20-13-34,41(53)54)32-56-42-49-24-9-25-50-42/h9,12,15,24-25,35,37-40,51H,1,8,10-11,13-14,16-23,26-32H2,2-7H3,(H,53,54)/t35-,37+,38-,39+,40+,44-,45+,46+,47?,48-/m0/s1. The lowest BCUT2D eigenvalue weighted by atomic mass is 9.33. The van der Waals surface area contributed by atoms with Crippen LogP contribution in [-0.2, 0) is 14.3 Å². The monoisotopic (exact) mass is 801 g/mol. The number of carbonyl (C=O) groups is 1. The lowest BCUT2D eigenvalue weighted by molar-refractivity contribution is -0.221. The molecule has 9 heteroatoms. The SMILES string of the molecule is C=C(C)[C@@H]1CC[C@]2(NCCN3CCS(=C)(=O)CC3)CC[C@]3(C)[C@H](CC[C@@H]4[C@@]5(C)CC=C(C6=CCC(COc7ncccn7)(C(=O)O)CC6)C(C)(C)[C@@H]5CC[C@]43C)[C@@H]12. The Balaban J connectivity index is 1.01. The Morgan fingerprint density at radius 3 is 2.35 bits per heavy atom. The van der Waals surface area contributed by atoms with Gasteiger partial charge >= 0.3 is 12.0 Å². The fourth-order valence-corrected chi connectivity index (χ4v) is 16.6. The zero-order chi connectivity index (χ0) is 40.6. The molecule has 0 aromatic carbocycles. The summed E-state index contributed by atoms with van der Waals surface area (Å²) < 4.78 is 18.4. The molecule has 2 heterocycles. The molecule has 0 amide bonds. The maximum atomic E-state index is 12.7. The highest BCUT2D eigenvalue weighted by Gasteiger charge is 2.70. The third-order valence-electron chi connectivity index (χ3n) is 18.5. The maximum Gasteiger partial charge on any atom is 0.316 e. The van der Waals surface area contributed by atoms with Crippen LogP contribution in [0.3, 0.4) is 0 Å². The molecule has 10 atom stereocenters. The van der Waals surface area contributed by atoms with Crippen molar-refractivity contribution in [3.8, 4) is 6.01 Å². The van der Waals surface area contributed by atoms with Crippen LogP contribution in [0.4, 0.5) is 0 Å². The third-order valence-corrected chi connectivity index (χ3v) is 20.4. The molecular weight excluding hydrogens is 729 g/mol. The Labute approximate surface area is 344 Å². The summed E-state index contributed by atoms with van der Waals surface area (Å²) >= 11 is 0. The maximum absolute atomic E-state index is 12.7. The van der Waals surface area contributed by atoms with E-state index in [1.165, 1.54) is 68.1 Å². The molecule has 57 heavy (non-hydrogen) atoms. The number of nitrogens with zero attached hydrogens (tertiary/aromatic N) is 3. The van der Waals surface area contributed by atoms with Gasteiger partial charge in [0.15, 0.2) is 0 Å². The lowest BCUT2D eigenvalue weighted by Gasteiger charge is -2.72. The van der Waals surface area contributed by atoms with Crippen molar-refractivity contribution in [2.24, 2.45) is 56.7 Å². The van der Waals surface area contributed by atoms with Gasteiger partial charge in [-0.1, -0.05) is 58.9 Å². The van der Waals surface area contributed by atoms with Crippen molar-refractivity contribution >= 4 is 21.4 Å². The fraction of sp³-hybridized carbons (Fsp3) is 0.750. The molecule has 1 unspecified atom stereocenters. The van der Waals surface area contributed by atoms with E-state index in [4.69, 9.17) is 4.74 Å². The molecule has 314 valence electrons. The second-order valence-electron chi connectivity index (χ2n) is 21.4. The number of hydrogen-bond acceptors (Lipinski definition) is 7. The van der Waals surface area contributed by atoms with Gasteiger partial charge in [0.05, 0.1) is 0 Å². The molecule has 1 aliphatic heterocycles. The number of carboxylic acids is 1. The predicted octanol–water partition coefficient (Wildman–Crippen LogP) is 8.60. The Kier molecular flexibility index (Phi) is 10.6. The van der Waals surface area contributed by atoms with E-state index in [1.807, 2.05) is 0 Å². The van der Waals surface area contributed by atoms with Gasteiger partial charge in [-0.25, -0.2) is 9.97 Å². The number of rotatable bonds is 10. The van der Waals surface area contributed by atoms with Crippen molar-refractivity contribution in [3.05, 3.63) is 53.9 Å². The van der Waals surface area contributed by atoms with E-state index in [-0.39, 0.29) is 39.8 Å². The van der Waals surface area contributed by atoms with Gasteiger partial charge in [0.1, 0.15) is 12.0 Å². The number of aliphatic carboxylic acids is 1. The lowest BCUT2D eigenvalue weighted by Crippen LogP contribution is -2.68. The van der Waals surface area contributed by atoms with Gasteiger partial charge < -0.3 is 20.1 Å². The highest BCUT2D eigenvalue weighted by molar-refractivity contribution is 8.00. The molecule has 1 saturated heterocycles. The van der Waals surface area contributed by atoms with Crippen molar-refractivity contribution in [2.45, 2.75) is 124 Å². The minimum Gasteiger partial charge on any atom is -0.481 e. The first-order chi connectivity index (χ1) is 26.9. The molecule has 1 aromatic rings. The van der Waals surface area contributed by atoms with Gasteiger partial charge in [-0.05, 0) is 168 Å². The Bertz CT molecular complexity index is 1900. The third kappa shape index (κ3) is 6.71. The highest BCUT2D eigenvalue weighted by atomic mass is 32.2. The molecule has 8 nitrogen and oxygen atoms in total. The topological polar surface area (TPSA) is 105 Å². The van der Waals surface area contributed by atoms with Crippen molar-refractivity contribution in [3.63, 3.8) is 0 Å². The summed E-state index contributed by atoms with van der Waals surface area (Å²) in [4.78, 5) is 23.5. The van der Waals surface area contributed by atoms with E-state index >= 15 is 0 Å². The van der Waals surface area contributed by atoms with E-state index in [0.29, 0.717) is 42.4 Å². The summed E-state index contributed by atoms with van der Waals surface area (Å²) in [7, 11) is -1.87. The first kappa shape index (κ1) is 41.3. The van der Waals surface area contributed by atoms with Gasteiger partial charge in [-0.15, -0.1) is 0 Å². The first-order valence-electron chi connectivity index (χ1n) is 22.4. The normalized spacial score (nSPS) is 42.3. The van der Waals surface area contributed by atoms with Crippen LogP contribution < -0.4 is 10.1 Å². The van der Waals surface area contributed by atoms with Crippen LogP contribution in [0.25, 0.3) is 0 Å². The van der Waals surface area contributed by atoms with E-state index < -0.39 is 20.9 Å². The molecule has 0 bridgehead atoms. The largest absolute Gasteiger partial charge is 0.481 e.